The van der Waals surface area contributed by atoms with Crippen LogP contribution >= 0.6 is 23.2 Å². The van der Waals surface area contributed by atoms with Crippen LogP contribution in [0.25, 0.3) is 43.7 Å². The maximum Gasteiger partial charge on any atom is 0.490 e. The lowest BCUT2D eigenvalue weighted by Gasteiger charge is -2.30. The minimum Gasteiger partial charge on any atom is -0.475 e. The van der Waals surface area contributed by atoms with Crippen LogP contribution in [0.1, 0.15) is 45.1 Å². The van der Waals surface area contributed by atoms with Crippen molar-refractivity contribution >= 4 is 67.7 Å². The fraction of sp³-hybridized carbons (Fsp3) is 0.395. The maximum atomic E-state index is 17.0. The van der Waals surface area contributed by atoms with Crippen LogP contribution in [0.5, 0.6) is 5.88 Å². The highest BCUT2D eigenvalue weighted by Gasteiger charge is 2.39. The number of alkyl halides is 6. The van der Waals surface area contributed by atoms with E-state index in [0.717, 1.165) is 60.4 Å². The number of halogens is 9. The van der Waals surface area contributed by atoms with Gasteiger partial charge in [0, 0.05) is 33.4 Å². The Morgan fingerprint density at radius 3 is 2.26 bits per heavy atom. The van der Waals surface area contributed by atoms with E-state index in [1.807, 2.05) is 35.0 Å². The average molecular weight is 860 g/mol. The Kier molecular flexibility index (Phi) is 13.6. The SMILES string of the molecule is C[C@H](Oc1nc2c(F)c(-c3cccc4cccc(Cl)c34)c(Cl)cc2c2c1cnn2[C@H]1CCN[C@H](CC#N)C1)[C@@H]1CCCN1C.O=C(O)C(F)(F)F.O=C(O)C(F)(F)F. The Balaban J connectivity index is 0.000000393. The third-order valence-electron chi connectivity index (χ3n) is 9.86. The number of fused-ring (bicyclic) bond motifs is 4. The second-order valence-electron chi connectivity index (χ2n) is 13.7. The first kappa shape index (κ1) is 44.1. The van der Waals surface area contributed by atoms with Gasteiger partial charge < -0.3 is 20.3 Å². The van der Waals surface area contributed by atoms with Crippen molar-refractivity contribution in [3.8, 4) is 23.1 Å². The molecule has 0 bridgehead atoms. The number of hydrogen-bond donors (Lipinski definition) is 3. The summed E-state index contributed by atoms with van der Waals surface area (Å²) in [6.07, 6.45) is -4.45. The predicted octanol–water partition coefficient (Wildman–Crippen LogP) is 9.19. The molecule has 58 heavy (non-hydrogen) atoms. The van der Waals surface area contributed by atoms with Crippen molar-refractivity contribution in [3.63, 3.8) is 0 Å². The number of ether oxygens (including phenoxy) is 1. The van der Waals surface area contributed by atoms with Crippen LogP contribution in [-0.2, 0) is 9.59 Å². The molecule has 3 N–H and O–H groups in total. The number of likely N-dealkylation sites (N-methyl/N-ethyl adjacent to an activating group) is 1. The molecule has 2 aliphatic rings. The first-order valence-electron chi connectivity index (χ1n) is 17.7. The molecule has 0 unspecified atom stereocenters. The third-order valence-corrected chi connectivity index (χ3v) is 10.5. The van der Waals surface area contributed by atoms with Gasteiger partial charge in [0.05, 0.1) is 40.7 Å². The second kappa shape index (κ2) is 17.9. The van der Waals surface area contributed by atoms with Crippen molar-refractivity contribution in [2.45, 2.75) is 75.6 Å². The number of likely N-dealkylation sites (tertiary alicyclic amines) is 1. The number of nitrogens with one attached hydrogen (secondary N) is 1. The summed E-state index contributed by atoms with van der Waals surface area (Å²) >= 11 is 13.6. The lowest BCUT2D eigenvalue weighted by atomic mass is 9.95. The first-order chi connectivity index (χ1) is 27.2. The van der Waals surface area contributed by atoms with E-state index in [1.165, 1.54) is 0 Å². The standard InChI is InChI=1S/C34H33Cl2FN6O.2C2HF3O2/c1-19(28-10-5-15-42(28)2)44-34-25-18-40-43(22-12-14-39-21(16-22)11-13-38)33(25)24-17-27(36)30(31(37)32(24)41-34)23-8-3-6-20-7-4-9-26(35)29(20)23;2*3-2(4,5)1(6)7/h3-4,6-9,17-19,21-22,28,39H,5,10-12,14-16H2,1-2H3;2*(H,6,7)/t19-,21+,22-,28-;;/m0../s1. The van der Waals surface area contributed by atoms with E-state index in [2.05, 4.69) is 30.3 Å². The van der Waals surface area contributed by atoms with Crippen LogP contribution in [-0.4, -0.2) is 92.5 Å². The molecule has 0 aliphatic carbocycles. The predicted molar refractivity (Wildman–Crippen MR) is 201 cm³/mol. The maximum absolute atomic E-state index is 17.0. The molecule has 2 saturated heterocycles. The molecule has 20 heteroatoms. The summed E-state index contributed by atoms with van der Waals surface area (Å²) in [6.45, 7) is 3.83. The van der Waals surface area contributed by atoms with E-state index in [4.69, 9.17) is 57.8 Å². The number of benzene rings is 3. The van der Waals surface area contributed by atoms with Gasteiger partial charge in [-0.25, -0.2) is 19.0 Å². The zero-order valence-corrected chi connectivity index (χ0v) is 32.1. The summed E-state index contributed by atoms with van der Waals surface area (Å²) in [5.41, 5.74) is 1.77. The fourth-order valence-corrected chi connectivity index (χ4v) is 7.80. The lowest BCUT2D eigenvalue weighted by molar-refractivity contribution is -0.193. The third kappa shape index (κ3) is 9.66. The van der Waals surface area contributed by atoms with Gasteiger partial charge in [-0.05, 0) is 75.8 Å². The average Bonchev–Trinajstić information content (AvgIpc) is 3.80. The molecule has 0 spiro atoms. The normalized spacial score (nSPS) is 19.2. The van der Waals surface area contributed by atoms with Crippen LogP contribution in [0, 0.1) is 17.1 Å². The molecule has 310 valence electrons. The Morgan fingerprint density at radius 2 is 1.67 bits per heavy atom. The quantitative estimate of drug-likeness (QED) is 0.141. The Hall–Kier alpha value is -4.96. The van der Waals surface area contributed by atoms with Crippen LogP contribution < -0.4 is 10.1 Å². The molecule has 0 amide bonds. The Labute approximate surface area is 335 Å². The smallest absolute Gasteiger partial charge is 0.475 e. The van der Waals surface area contributed by atoms with Gasteiger partial charge >= 0.3 is 24.3 Å². The van der Waals surface area contributed by atoms with Crippen molar-refractivity contribution < 1.29 is 55.3 Å². The number of rotatable bonds is 6. The molecule has 0 saturated carbocycles. The molecule has 2 aromatic heterocycles. The van der Waals surface area contributed by atoms with Gasteiger partial charge in [0.15, 0.2) is 5.82 Å². The molecule has 3 aromatic carbocycles. The topological polar surface area (TPSA) is 154 Å². The molecule has 5 aromatic rings. The van der Waals surface area contributed by atoms with Gasteiger partial charge in [-0.1, -0.05) is 53.5 Å². The van der Waals surface area contributed by atoms with Crippen LogP contribution in [0.2, 0.25) is 10.0 Å². The molecular formula is C38H35Cl2F7N6O5. The van der Waals surface area contributed by atoms with Gasteiger partial charge in [0.1, 0.15) is 11.6 Å². The molecular weight excluding hydrogens is 824 g/mol. The van der Waals surface area contributed by atoms with Crippen molar-refractivity contribution in [3.05, 3.63) is 64.5 Å². The largest absolute Gasteiger partial charge is 0.490 e. The van der Waals surface area contributed by atoms with Crippen molar-refractivity contribution in [2.75, 3.05) is 20.1 Å². The highest BCUT2D eigenvalue weighted by Crippen LogP contribution is 2.44. The van der Waals surface area contributed by atoms with Crippen LogP contribution in [0.4, 0.5) is 30.7 Å². The summed E-state index contributed by atoms with van der Waals surface area (Å²) in [5.74, 6) is -5.69. The minimum atomic E-state index is -5.08. The highest BCUT2D eigenvalue weighted by molar-refractivity contribution is 6.38. The monoisotopic (exact) mass is 858 g/mol. The number of aromatic nitrogens is 3. The summed E-state index contributed by atoms with van der Waals surface area (Å²) in [7, 11) is 2.11. The number of hydrogen-bond acceptors (Lipinski definition) is 8. The van der Waals surface area contributed by atoms with Crippen molar-refractivity contribution in [2.24, 2.45) is 0 Å². The number of carbonyl (C=O) groups is 2. The number of carboxylic acids is 2. The number of carboxylic acid groups (broad SMARTS) is 2. The van der Waals surface area contributed by atoms with E-state index in [1.54, 1.807) is 18.3 Å². The number of nitriles is 1. The van der Waals surface area contributed by atoms with Gasteiger partial charge in [-0.3, -0.25) is 9.58 Å². The van der Waals surface area contributed by atoms with Gasteiger partial charge in [-0.2, -0.15) is 36.7 Å². The van der Waals surface area contributed by atoms with Crippen molar-refractivity contribution in [1.82, 2.24) is 25.0 Å². The summed E-state index contributed by atoms with van der Waals surface area (Å²) < 4.78 is 89.0. The lowest BCUT2D eigenvalue weighted by Crippen LogP contribution is -2.38. The number of aliphatic carboxylic acids is 2. The highest BCUT2D eigenvalue weighted by atomic mass is 35.5. The van der Waals surface area contributed by atoms with E-state index in [9.17, 15) is 31.6 Å². The van der Waals surface area contributed by atoms with Gasteiger partial charge in [-0.15, -0.1) is 0 Å². The number of piperidine rings is 1. The Bertz CT molecular complexity index is 2340. The molecule has 11 nitrogen and oxygen atoms in total. The second-order valence-corrected chi connectivity index (χ2v) is 14.5. The summed E-state index contributed by atoms with van der Waals surface area (Å²) in [6, 6.07) is 15.7. The minimum absolute atomic E-state index is 0.0160. The number of pyridine rings is 1. The van der Waals surface area contributed by atoms with E-state index in [-0.39, 0.29) is 40.3 Å². The molecule has 4 atom stereocenters. The summed E-state index contributed by atoms with van der Waals surface area (Å²) in [5, 5.41) is 35.6. The first-order valence-corrected chi connectivity index (χ1v) is 18.4. The molecule has 4 heterocycles. The zero-order valence-electron chi connectivity index (χ0n) is 30.6. The van der Waals surface area contributed by atoms with E-state index >= 15 is 4.39 Å². The molecule has 2 fully saturated rings. The van der Waals surface area contributed by atoms with Crippen molar-refractivity contribution in [1.29, 1.82) is 5.26 Å². The molecule has 0 radical (unpaired) electrons. The summed E-state index contributed by atoms with van der Waals surface area (Å²) in [4.78, 5) is 25.0. The van der Waals surface area contributed by atoms with Gasteiger partial charge in [0.25, 0.3) is 0 Å². The number of nitrogens with zero attached hydrogens (tertiary/aromatic N) is 5. The Morgan fingerprint density at radius 1 is 1.03 bits per heavy atom. The van der Waals surface area contributed by atoms with Crippen LogP contribution in [0.15, 0.2) is 48.7 Å². The van der Waals surface area contributed by atoms with Crippen LogP contribution in [0.3, 0.4) is 0 Å². The van der Waals surface area contributed by atoms with E-state index < -0.39 is 30.1 Å². The van der Waals surface area contributed by atoms with Gasteiger partial charge in [0.2, 0.25) is 5.88 Å². The molecule has 7 rings (SSSR count). The fourth-order valence-electron chi connectivity index (χ4n) is 7.22. The molecule has 2 aliphatic heterocycles. The van der Waals surface area contributed by atoms with E-state index in [0.29, 0.717) is 28.3 Å². The zero-order chi connectivity index (χ0) is 42.7.